The molecule has 15 heteroatoms. The highest BCUT2D eigenvalue weighted by molar-refractivity contribution is 7.18. The number of amides is 3. The van der Waals surface area contributed by atoms with Gasteiger partial charge in [-0.05, 0) is 42.0 Å². The first kappa shape index (κ1) is 30.5. The Kier molecular flexibility index (Phi) is 10.8. The lowest BCUT2D eigenvalue weighted by Crippen LogP contribution is -2.43. The summed E-state index contributed by atoms with van der Waals surface area (Å²) in [6, 6.07) is 16.2. The highest BCUT2D eigenvalue weighted by Gasteiger charge is 2.13. The number of pyridine rings is 1. The Morgan fingerprint density at radius 1 is 1.10 bits per heavy atom. The molecule has 5 rings (SSSR count). The van der Waals surface area contributed by atoms with Gasteiger partial charge in [0.1, 0.15) is 6.61 Å². The van der Waals surface area contributed by atoms with Crippen molar-refractivity contribution in [3.05, 3.63) is 88.7 Å². The molecule has 3 heterocycles. The lowest BCUT2D eigenvalue weighted by molar-refractivity contribution is -0.132. The average molecular weight is 625 g/mol. The van der Waals surface area contributed by atoms with Gasteiger partial charge >= 0.3 is 6.09 Å². The summed E-state index contributed by atoms with van der Waals surface area (Å²) in [6.45, 7) is 1.95. The molecule has 12 nitrogen and oxygen atoms in total. The second-order valence-corrected chi connectivity index (χ2v) is 10.7. The van der Waals surface area contributed by atoms with Gasteiger partial charge in [-0.25, -0.2) is 15.2 Å². The van der Waals surface area contributed by atoms with Gasteiger partial charge in [-0.15, -0.1) is 21.5 Å². The summed E-state index contributed by atoms with van der Waals surface area (Å²) >= 11 is 8.82. The van der Waals surface area contributed by atoms with E-state index in [1.54, 1.807) is 48.2 Å². The number of nitrogens with two attached hydrogens (primary N) is 1. The van der Waals surface area contributed by atoms with Gasteiger partial charge in [-0.2, -0.15) is 0 Å². The number of aromatic nitrogens is 4. The number of ether oxygens (including phenoxy) is 1. The number of hydrazine groups is 1. The van der Waals surface area contributed by atoms with E-state index in [1.807, 2.05) is 24.3 Å². The second-order valence-electron chi connectivity index (χ2n) is 8.41. The van der Waals surface area contributed by atoms with Crippen LogP contribution in [-0.4, -0.2) is 56.2 Å². The quantitative estimate of drug-likeness (QED) is 0.196. The van der Waals surface area contributed by atoms with E-state index in [0.29, 0.717) is 27.3 Å². The number of primary amides is 1. The van der Waals surface area contributed by atoms with E-state index >= 15 is 0 Å². The Morgan fingerprint density at radius 2 is 1.93 bits per heavy atom. The van der Waals surface area contributed by atoms with E-state index in [2.05, 4.69) is 30.9 Å². The third kappa shape index (κ3) is 8.75. The summed E-state index contributed by atoms with van der Waals surface area (Å²) in [7, 11) is 0. The molecule has 0 aliphatic rings. The number of hydrogen-bond acceptors (Lipinski definition) is 11. The second kappa shape index (κ2) is 14.9. The normalized spacial score (nSPS) is 10.4. The van der Waals surface area contributed by atoms with E-state index in [4.69, 9.17) is 22.1 Å². The fourth-order valence-electron chi connectivity index (χ4n) is 3.41. The van der Waals surface area contributed by atoms with Gasteiger partial charge in [-0.3, -0.25) is 24.9 Å². The number of thiazole rings is 1. The third-order valence-electron chi connectivity index (χ3n) is 5.50. The Balaban J connectivity index is 0.000000279. The molecular weight excluding hydrogens is 600 g/mol. The van der Waals surface area contributed by atoms with Crippen molar-refractivity contribution >= 4 is 67.5 Å². The average Bonchev–Trinajstić information content (AvgIpc) is 3.65. The Labute approximate surface area is 253 Å². The zero-order valence-corrected chi connectivity index (χ0v) is 24.6. The monoisotopic (exact) mass is 624 g/mol. The molecule has 0 atom stereocenters. The molecule has 0 unspecified atom stereocenters. The molecule has 42 heavy (non-hydrogen) atoms. The first-order valence-electron chi connectivity index (χ1n) is 12.4. The molecule has 0 spiro atoms. The number of halogens is 1. The molecule has 0 aliphatic carbocycles. The van der Waals surface area contributed by atoms with Gasteiger partial charge in [0.15, 0.2) is 5.01 Å². The molecule has 0 radical (unpaired) electrons. The maximum Gasteiger partial charge on any atom is 0.413 e. The number of anilines is 1. The van der Waals surface area contributed by atoms with Crippen LogP contribution >= 0.6 is 34.3 Å². The van der Waals surface area contributed by atoms with E-state index in [0.717, 1.165) is 21.3 Å². The number of rotatable bonds is 9. The largest absolute Gasteiger partial charge is 0.447 e. The van der Waals surface area contributed by atoms with Crippen LogP contribution in [0.25, 0.3) is 20.8 Å². The minimum Gasteiger partial charge on any atom is -0.447 e. The topological polar surface area (TPSA) is 165 Å². The van der Waals surface area contributed by atoms with E-state index in [9.17, 15) is 14.4 Å². The summed E-state index contributed by atoms with van der Waals surface area (Å²) in [4.78, 5) is 42.7. The van der Waals surface area contributed by atoms with Crippen molar-refractivity contribution in [3.63, 3.8) is 0 Å². The predicted molar refractivity (Wildman–Crippen MR) is 162 cm³/mol. The number of carbonyl (C=O) groups excluding carboxylic acids is 3. The van der Waals surface area contributed by atoms with Crippen molar-refractivity contribution in [2.45, 2.75) is 13.5 Å². The Morgan fingerprint density at radius 3 is 2.67 bits per heavy atom. The zero-order valence-electron chi connectivity index (χ0n) is 22.2. The first-order valence-corrected chi connectivity index (χ1v) is 14.4. The molecule has 4 N–H and O–H groups in total. The van der Waals surface area contributed by atoms with Crippen LogP contribution in [-0.2, 0) is 16.1 Å². The Bertz CT molecular complexity index is 1660. The summed E-state index contributed by atoms with van der Waals surface area (Å²) in [6.07, 6.45) is 2.64. The summed E-state index contributed by atoms with van der Waals surface area (Å²) in [5.74, 6) is -0.610. The zero-order chi connectivity index (χ0) is 29.9. The van der Waals surface area contributed by atoms with Crippen molar-refractivity contribution < 1.29 is 19.1 Å². The lowest BCUT2D eigenvalue weighted by atomic mass is 10.2. The van der Waals surface area contributed by atoms with Crippen LogP contribution in [0.2, 0.25) is 5.02 Å². The molecular formula is C27H25ClN8O4S2. The van der Waals surface area contributed by atoms with Crippen LogP contribution in [0.3, 0.4) is 0 Å². The standard InChI is InChI=1S/C19H19ClN6O3S.C8H6N2OS/c1-13(27)26(22-12-14-5-2-3-7-16(14)20)9-10-29-19(28)23-18-25-24-17(30-18)15-6-4-8-21-11-15;9-8(11)5-1-2-6-7(3-5)12-4-10-6/h2-8,11,22H,9-10,12H2,1H3,(H,23,25,28);1-4H,(H2,9,11). The number of nitrogens with zero attached hydrogens (tertiary/aromatic N) is 5. The summed E-state index contributed by atoms with van der Waals surface area (Å²) in [5, 5.41) is 13.4. The van der Waals surface area contributed by atoms with Gasteiger partial charge in [0.2, 0.25) is 16.9 Å². The highest BCUT2D eigenvalue weighted by Crippen LogP contribution is 2.25. The fraction of sp³-hybridized carbons (Fsp3) is 0.148. The van der Waals surface area contributed by atoms with Crippen molar-refractivity contribution in [2.24, 2.45) is 5.73 Å². The maximum atomic E-state index is 12.0. The number of carbonyl (C=O) groups is 3. The van der Waals surface area contributed by atoms with Gasteiger partial charge in [0.05, 0.1) is 22.3 Å². The van der Waals surface area contributed by atoms with Gasteiger partial charge in [-0.1, -0.05) is 41.1 Å². The van der Waals surface area contributed by atoms with Crippen LogP contribution in [0.4, 0.5) is 9.93 Å². The molecule has 2 aromatic carbocycles. The van der Waals surface area contributed by atoms with Crippen molar-refractivity contribution in [2.75, 3.05) is 18.5 Å². The van der Waals surface area contributed by atoms with Crippen molar-refractivity contribution in [3.8, 4) is 10.6 Å². The van der Waals surface area contributed by atoms with E-state index in [1.165, 1.54) is 34.6 Å². The van der Waals surface area contributed by atoms with Crippen LogP contribution in [0, 0.1) is 0 Å². The highest BCUT2D eigenvalue weighted by atomic mass is 35.5. The fourth-order valence-corrected chi connectivity index (χ4v) is 5.05. The van der Waals surface area contributed by atoms with Crippen LogP contribution in [0.15, 0.2) is 72.5 Å². The smallest absolute Gasteiger partial charge is 0.413 e. The number of benzene rings is 2. The van der Waals surface area contributed by atoms with E-state index < -0.39 is 12.0 Å². The number of nitrogens with one attached hydrogen (secondary N) is 2. The minimum absolute atomic E-state index is 0.00476. The van der Waals surface area contributed by atoms with Gasteiger partial charge < -0.3 is 10.5 Å². The van der Waals surface area contributed by atoms with Crippen LogP contribution in [0.1, 0.15) is 22.8 Å². The van der Waals surface area contributed by atoms with Crippen LogP contribution in [0.5, 0.6) is 0 Å². The molecule has 0 saturated carbocycles. The molecule has 3 amide bonds. The third-order valence-corrected chi connectivity index (χ3v) is 7.55. The predicted octanol–water partition coefficient (Wildman–Crippen LogP) is 4.75. The van der Waals surface area contributed by atoms with E-state index in [-0.39, 0.29) is 19.1 Å². The molecule has 0 bridgehead atoms. The van der Waals surface area contributed by atoms with Crippen LogP contribution < -0.4 is 16.5 Å². The summed E-state index contributed by atoms with van der Waals surface area (Å²) in [5.41, 5.74) is 12.9. The van der Waals surface area contributed by atoms with Crippen molar-refractivity contribution in [1.82, 2.24) is 30.6 Å². The molecule has 0 saturated heterocycles. The maximum absolute atomic E-state index is 12.0. The molecule has 3 aromatic heterocycles. The minimum atomic E-state index is -0.682. The molecule has 216 valence electrons. The van der Waals surface area contributed by atoms with Gasteiger partial charge in [0, 0.05) is 42.0 Å². The lowest BCUT2D eigenvalue weighted by Gasteiger charge is -2.22. The van der Waals surface area contributed by atoms with Crippen molar-refractivity contribution in [1.29, 1.82) is 0 Å². The summed E-state index contributed by atoms with van der Waals surface area (Å²) < 4.78 is 6.13. The van der Waals surface area contributed by atoms with Gasteiger partial charge in [0.25, 0.3) is 0 Å². The number of fused-ring (bicyclic) bond motifs is 1. The first-order chi connectivity index (χ1) is 20.3. The molecule has 0 fully saturated rings. The molecule has 5 aromatic rings. The molecule has 0 aliphatic heterocycles. The SMILES string of the molecule is CC(=O)N(CCOC(=O)Nc1nnc(-c2cccnc2)s1)NCc1ccccc1Cl.NC(=O)c1ccc2ncsc2c1. The Hall–Kier alpha value is -4.50. The number of hydrogen-bond donors (Lipinski definition) is 3.